The minimum atomic E-state index is -0.385. The Labute approximate surface area is 137 Å². The Morgan fingerprint density at radius 1 is 1.30 bits per heavy atom. The number of benzene rings is 1. The third-order valence-corrected chi connectivity index (χ3v) is 4.51. The number of carbonyl (C=O) groups is 1. The van der Waals surface area contributed by atoms with Crippen LogP contribution < -0.4 is 4.90 Å². The summed E-state index contributed by atoms with van der Waals surface area (Å²) < 4.78 is 0. The topological polar surface area (TPSA) is 66.7 Å². The minimum Gasteiger partial charge on any atom is -0.312 e. The zero-order valence-corrected chi connectivity index (χ0v) is 14.1. The van der Waals surface area contributed by atoms with E-state index < -0.39 is 0 Å². The summed E-state index contributed by atoms with van der Waals surface area (Å²) in [4.78, 5) is 26.8. The lowest BCUT2D eigenvalue weighted by Gasteiger charge is -2.32. The van der Waals surface area contributed by atoms with Gasteiger partial charge in [0.25, 0.3) is 5.69 Å². The molecule has 6 heteroatoms. The summed E-state index contributed by atoms with van der Waals surface area (Å²) in [5.74, 6) is 0.111. The SMILES string of the molecule is CCCC(CCN1C(=O)CCc2cc([N+](=O)[O-])ccc21)N(C)C. The van der Waals surface area contributed by atoms with Gasteiger partial charge < -0.3 is 9.80 Å². The average molecular weight is 319 g/mol. The molecule has 1 aliphatic rings. The molecular formula is C17H25N3O3. The lowest BCUT2D eigenvalue weighted by molar-refractivity contribution is -0.384. The number of nitrogens with zero attached hydrogens (tertiary/aromatic N) is 3. The molecule has 2 rings (SSSR count). The molecule has 0 fully saturated rings. The van der Waals surface area contributed by atoms with Gasteiger partial charge in [0.2, 0.25) is 5.91 Å². The van der Waals surface area contributed by atoms with Crippen LogP contribution in [0.2, 0.25) is 0 Å². The molecule has 0 bridgehead atoms. The molecule has 1 atom stereocenters. The standard InChI is InChI=1S/C17H25N3O3/c1-4-5-14(18(2)3)10-11-19-16-8-7-15(20(22)23)12-13(16)6-9-17(19)21/h7-8,12,14H,4-6,9-11H2,1-3H3. The van der Waals surface area contributed by atoms with Gasteiger partial charge in [-0.25, -0.2) is 0 Å². The van der Waals surface area contributed by atoms with Crippen molar-refractivity contribution in [1.82, 2.24) is 4.90 Å². The maximum absolute atomic E-state index is 12.3. The first-order valence-corrected chi connectivity index (χ1v) is 8.18. The molecule has 0 saturated carbocycles. The van der Waals surface area contributed by atoms with E-state index >= 15 is 0 Å². The summed E-state index contributed by atoms with van der Waals surface area (Å²) in [6.45, 7) is 2.82. The van der Waals surface area contributed by atoms with Gasteiger partial charge in [0, 0.05) is 36.8 Å². The third-order valence-electron chi connectivity index (χ3n) is 4.51. The van der Waals surface area contributed by atoms with Gasteiger partial charge >= 0.3 is 0 Å². The van der Waals surface area contributed by atoms with Crippen molar-refractivity contribution in [2.45, 2.75) is 45.1 Å². The van der Waals surface area contributed by atoms with E-state index in [0.29, 0.717) is 25.4 Å². The highest BCUT2D eigenvalue weighted by atomic mass is 16.6. The molecule has 0 aliphatic carbocycles. The average Bonchev–Trinajstić information content (AvgIpc) is 2.51. The number of aryl methyl sites for hydroxylation is 1. The van der Waals surface area contributed by atoms with E-state index in [1.807, 2.05) is 0 Å². The van der Waals surface area contributed by atoms with E-state index in [1.54, 1.807) is 17.0 Å². The summed E-state index contributed by atoms with van der Waals surface area (Å²) in [6, 6.07) is 5.25. The number of hydrogen-bond donors (Lipinski definition) is 0. The van der Waals surface area contributed by atoms with Gasteiger partial charge in [-0.2, -0.15) is 0 Å². The predicted octanol–water partition coefficient (Wildman–Crippen LogP) is 2.99. The summed E-state index contributed by atoms with van der Waals surface area (Å²) >= 11 is 0. The van der Waals surface area contributed by atoms with E-state index in [2.05, 4.69) is 25.9 Å². The van der Waals surface area contributed by atoms with Crippen molar-refractivity contribution in [3.8, 4) is 0 Å². The normalized spacial score (nSPS) is 15.7. The van der Waals surface area contributed by atoms with Crippen LogP contribution >= 0.6 is 0 Å². The summed E-state index contributed by atoms with van der Waals surface area (Å²) in [5.41, 5.74) is 1.83. The molecule has 0 saturated heterocycles. The summed E-state index contributed by atoms with van der Waals surface area (Å²) in [6.07, 6.45) is 4.12. The quantitative estimate of drug-likeness (QED) is 0.572. The van der Waals surface area contributed by atoms with Gasteiger partial charge in [-0.1, -0.05) is 13.3 Å². The molecule has 0 N–H and O–H groups in total. The lowest BCUT2D eigenvalue weighted by atomic mass is 9.99. The van der Waals surface area contributed by atoms with Crippen molar-refractivity contribution in [3.05, 3.63) is 33.9 Å². The molecule has 1 unspecified atom stereocenters. The number of nitro benzene ring substituents is 1. The molecule has 0 radical (unpaired) electrons. The highest BCUT2D eigenvalue weighted by molar-refractivity contribution is 5.96. The van der Waals surface area contributed by atoms with Crippen LogP contribution in [0.5, 0.6) is 0 Å². The van der Waals surface area contributed by atoms with Crippen LogP contribution in [-0.4, -0.2) is 42.4 Å². The zero-order valence-electron chi connectivity index (χ0n) is 14.1. The number of rotatable bonds is 7. The van der Waals surface area contributed by atoms with Crippen LogP contribution in [0.15, 0.2) is 18.2 Å². The molecule has 1 aromatic rings. The molecule has 1 aliphatic heterocycles. The Morgan fingerprint density at radius 3 is 2.65 bits per heavy atom. The van der Waals surface area contributed by atoms with Crippen LogP contribution in [-0.2, 0) is 11.2 Å². The van der Waals surface area contributed by atoms with Gasteiger partial charge in [0.05, 0.1) is 4.92 Å². The molecule has 23 heavy (non-hydrogen) atoms. The monoisotopic (exact) mass is 319 g/mol. The Balaban J connectivity index is 2.16. The Hall–Kier alpha value is -1.95. The number of fused-ring (bicyclic) bond motifs is 1. The number of amides is 1. The van der Waals surface area contributed by atoms with Crippen LogP contribution in [0, 0.1) is 10.1 Å². The fourth-order valence-corrected chi connectivity index (χ4v) is 3.18. The molecule has 6 nitrogen and oxygen atoms in total. The van der Waals surface area contributed by atoms with Crippen LogP contribution in [0.1, 0.15) is 38.2 Å². The molecule has 126 valence electrons. The number of anilines is 1. The Kier molecular flexibility index (Phi) is 5.71. The van der Waals surface area contributed by atoms with E-state index in [4.69, 9.17) is 0 Å². The zero-order chi connectivity index (χ0) is 17.0. The van der Waals surface area contributed by atoms with Gasteiger partial charge in [-0.15, -0.1) is 0 Å². The first-order valence-electron chi connectivity index (χ1n) is 8.18. The maximum atomic E-state index is 12.3. The Morgan fingerprint density at radius 2 is 2.04 bits per heavy atom. The third kappa shape index (κ3) is 4.07. The number of nitro groups is 1. The smallest absolute Gasteiger partial charge is 0.269 e. The van der Waals surface area contributed by atoms with Gasteiger partial charge in [-0.05, 0) is 45.0 Å². The van der Waals surface area contributed by atoms with Crippen molar-refractivity contribution in [2.75, 3.05) is 25.5 Å². The molecule has 1 heterocycles. The van der Waals surface area contributed by atoms with E-state index in [1.165, 1.54) is 6.07 Å². The largest absolute Gasteiger partial charge is 0.312 e. The Bertz CT molecular complexity index is 586. The highest BCUT2D eigenvalue weighted by Gasteiger charge is 2.26. The second-order valence-corrected chi connectivity index (χ2v) is 6.31. The first kappa shape index (κ1) is 17.4. The van der Waals surface area contributed by atoms with Crippen LogP contribution in [0.25, 0.3) is 0 Å². The van der Waals surface area contributed by atoms with Crippen molar-refractivity contribution in [3.63, 3.8) is 0 Å². The predicted molar refractivity (Wildman–Crippen MR) is 90.8 cm³/mol. The fourth-order valence-electron chi connectivity index (χ4n) is 3.18. The molecular weight excluding hydrogens is 294 g/mol. The molecule has 0 spiro atoms. The van der Waals surface area contributed by atoms with E-state index in [-0.39, 0.29) is 16.5 Å². The highest BCUT2D eigenvalue weighted by Crippen LogP contribution is 2.31. The molecule has 0 aromatic heterocycles. The van der Waals surface area contributed by atoms with Crippen molar-refractivity contribution < 1.29 is 9.72 Å². The number of hydrogen-bond acceptors (Lipinski definition) is 4. The maximum Gasteiger partial charge on any atom is 0.269 e. The first-order chi connectivity index (χ1) is 10.9. The van der Waals surface area contributed by atoms with Gasteiger partial charge in [0.1, 0.15) is 0 Å². The summed E-state index contributed by atoms with van der Waals surface area (Å²) in [7, 11) is 4.13. The van der Waals surface area contributed by atoms with E-state index in [9.17, 15) is 14.9 Å². The van der Waals surface area contributed by atoms with E-state index in [0.717, 1.165) is 30.5 Å². The molecule has 1 amide bonds. The second-order valence-electron chi connectivity index (χ2n) is 6.31. The van der Waals surface area contributed by atoms with Crippen molar-refractivity contribution >= 4 is 17.3 Å². The fraction of sp³-hybridized carbons (Fsp3) is 0.588. The summed E-state index contributed by atoms with van der Waals surface area (Å²) in [5, 5.41) is 10.9. The second kappa shape index (κ2) is 7.55. The van der Waals surface area contributed by atoms with Crippen LogP contribution in [0.3, 0.4) is 0 Å². The van der Waals surface area contributed by atoms with Gasteiger partial charge in [-0.3, -0.25) is 14.9 Å². The lowest BCUT2D eigenvalue weighted by Crippen LogP contribution is -2.39. The van der Waals surface area contributed by atoms with Crippen molar-refractivity contribution in [1.29, 1.82) is 0 Å². The number of non-ortho nitro benzene ring substituents is 1. The number of carbonyl (C=O) groups excluding carboxylic acids is 1. The minimum absolute atomic E-state index is 0.0928. The van der Waals surface area contributed by atoms with Crippen LogP contribution in [0.4, 0.5) is 11.4 Å². The molecule has 1 aromatic carbocycles. The van der Waals surface area contributed by atoms with Gasteiger partial charge in [0.15, 0.2) is 0 Å². The van der Waals surface area contributed by atoms with Crippen molar-refractivity contribution in [2.24, 2.45) is 0 Å².